The van der Waals surface area contributed by atoms with E-state index in [4.69, 9.17) is 9.15 Å². The molecule has 2 rings (SSSR count). The number of hydrogen-bond donors (Lipinski definition) is 1. The van der Waals surface area contributed by atoms with Gasteiger partial charge < -0.3 is 9.15 Å². The zero-order valence-corrected chi connectivity index (χ0v) is 12.5. The molecule has 1 aromatic rings. The molecule has 1 aliphatic rings. The van der Waals surface area contributed by atoms with Crippen LogP contribution in [0.15, 0.2) is 21.2 Å². The lowest BCUT2D eigenvalue weighted by Gasteiger charge is -2.15. The molecular formula is C11H16BrNO4S. The summed E-state index contributed by atoms with van der Waals surface area (Å²) >= 11 is 3.20. The van der Waals surface area contributed by atoms with Crippen LogP contribution in [0.25, 0.3) is 0 Å². The van der Waals surface area contributed by atoms with Crippen LogP contribution < -0.4 is 4.72 Å². The molecule has 0 spiro atoms. The highest BCUT2D eigenvalue weighted by Gasteiger charge is 2.35. The van der Waals surface area contributed by atoms with Gasteiger partial charge in [0.1, 0.15) is 11.0 Å². The number of halogens is 1. The molecule has 1 fully saturated rings. The van der Waals surface area contributed by atoms with Crippen LogP contribution >= 0.6 is 15.9 Å². The average Bonchev–Trinajstić information content (AvgIpc) is 2.87. The van der Waals surface area contributed by atoms with Gasteiger partial charge in [0.25, 0.3) is 0 Å². The predicted octanol–water partition coefficient (Wildman–Crippen LogP) is 1.68. The highest BCUT2D eigenvalue weighted by atomic mass is 79.9. The van der Waals surface area contributed by atoms with E-state index in [1.807, 2.05) is 6.07 Å². The lowest BCUT2D eigenvalue weighted by atomic mass is 10.3. The molecule has 1 aromatic heterocycles. The summed E-state index contributed by atoms with van der Waals surface area (Å²) in [6.07, 6.45) is 0.857. The van der Waals surface area contributed by atoms with E-state index in [0.29, 0.717) is 30.7 Å². The van der Waals surface area contributed by atoms with Crippen LogP contribution in [0.3, 0.4) is 0 Å². The summed E-state index contributed by atoms with van der Waals surface area (Å²) in [6.45, 7) is 2.64. The first-order valence-electron chi connectivity index (χ1n) is 5.83. The fourth-order valence-electron chi connectivity index (χ4n) is 2.03. The summed E-state index contributed by atoms with van der Waals surface area (Å²) in [6, 6.07) is 3.61. The number of hydrogen-bond acceptors (Lipinski definition) is 4. The summed E-state index contributed by atoms with van der Waals surface area (Å²) in [4.78, 5) is 0. The second-order valence-electron chi connectivity index (χ2n) is 4.30. The Hall–Kier alpha value is -0.370. The first kappa shape index (κ1) is 14.0. The van der Waals surface area contributed by atoms with E-state index in [0.717, 1.165) is 5.76 Å². The zero-order valence-electron chi connectivity index (χ0n) is 10.1. The van der Waals surface area contributed by atoms with Crippen molar-refractivity contribution in [3.8, 4) is 0 Å². The van der Waals surface area contributed by atoms with Gasteiger partial charge in [0, 0.05) is 19.6 Å². The van der Waals surface area contributed by atoms with E-state index >= 15 is 0 Å². The molecule has 0 amide bonds. The fourth-order valence-corrected chi connectivity index (χ4v) is 3.96. The third-order valence-electron chi connectivity index (χ3n) is 3.01. The van der Waals surface area contributed by atoms with Crippen molar-refractivity contribution in [3.05, 3.63) is 22.6 Å². The van der Waals surface area contributed by atoms with Gasteiger partial charge in [0.2, 0.25) is 10.0 Å². The van der Waals surface area contributed by atoms with Crippen molar-refractivity contribution in [2.24, 2.45) is 0 Å². The number of sulfonamides is 1. The minimum absolute atomic E-state index is 0.236. The Morgan fingerprint density at radius 1 is 1.50 bits per heavy atom. The topological polar surface area (TPSA) is 68.5 Å². The molecule has 2 heterocycles. The monoisotopic (exact) mass is 337 g/mol. The first-order chi connectivity index (χ1) is 8.49. The van der Waals surface area contributed by atoms with Crippen molar-refractivity contribution in [3.63, 3.8) is 0 Å². The molecule has 0 radical (unpaired) electrons. The van der Waals surface area contributed by atoms with Gasteiger partial charge in [0.05, 0.1) is 6.10 Å². The average molecular weight is 338 g/mol. The van der Waals surface area contributed by atoms with E-state index in [9.17, 15) is 8.42 Å². The first-order valence-corrected chi connectivity index (χ1v) is 8.17. The van der Waals surface area contributed by atoms with Gasteiger partial charge in [-0.25, -0.2) is 13.1 Å². The number of furan rings is 1. The van der Waals surface area contributed by atoms with E-state index in [2.05, 4.69) is 20.7 Å². The molecule has 5 nitrogen and oxygen atoms in total. The molecule has 0 bridgehead atoms. The van der Waals surface area contributed by atoms with Gasteiger partial charge in [0.15, 0.2) is 4.67 Å². The lowest BCUT2D eigenvalue weighted by Crippen LogP contribution is -2.39. The minimum Gasteiger partial charge on any atom is -0.454 e. The van der Waals surface area contributed by atoms with Gasteiger partial charge in [-0.05, 0) is 41.4 Å². The van der Waals surface area contributed by atoms with Gasteiger partial charge in [-0.2, -0.15) is 0 Å². The SMILES string of the molecule is CC1OCCC1S(=O)(=O)NCCc1ccc(Br)o1. The molecule has 0 aromatic carbocycles. The number of nitrogens with one attached hydrogen (secondary N) is 1. The molecule has 18 heavy (non-hydrogen) atoms. The molecule has 2 unspecified atom stereocenters. The molecule has 0 saturated carbocycles. The Bertz CT molecular complexity index is 499. The quantitative estimate of drug-likeness (QED) is 0.887. The second-order valence-corrected chi connectivity index (χ2v) is 7.06. The standard InChI is InChI=1S/C11H16BrNO4S/c1-8-10(5-7-16-8)18(14,15)13-6-4-9-2-3-11(12)17-9/h2-3,8,10,13H,4-7H2,1H3. The van der Waals surface area contributed by atoms with E-state index < -0.39 is 15.3 Å². The summed E-state index contributed by atoms with van der Waals surface area (Å²) < 4.78 is 37.9. The van der Waals surface area contributed by atoms with Gasteiger partial charge in [-0.1, -0.05) is 0 Å². The maximum absolute atomic E-state index is 12.0. The highest BCUT2D eigenvalue weighted by molar-refractivity contribution is 9.10. The fraction of sp³-hybridized carbons (Fsp3) is 0.636. The third-order valence-corrected chi connectivity index (χ3v) is 5.46. The number of ether oxygens (including phenoxy) is 1. The minimum atomic E-state index is -3.30. The van der Waals surface area contributed by atoms with E-state index in [-0.39, 0.29) is 6.10 Å². The van der Waals surface area contributed by atoms with Crippen LogP contribution in [-0.2, 0) is 21.2 Å². The van der Waals surface area contributed by atoms with Crippen molar-refractivity contribution in [2.45, 2.75) is 31.1 Å². The predicted molar refractivity (Wildman–Crippen MR) is 70.9 cm³/mol. The Morgan fingerprint density at radius 2 is 2.28 bits per heavy atom. The molecule has 1 aliphatic heterocycles. The summed E-state index contributed by atoms with van der Waals surface area (Å²) in [5.41, 5.74) is 0. The molecule has 7 heteroatoms. The Balaban J connectivity index is 1.85. The van der Waals surface area contributed by atoms with Crippen LogP contribution in [-0.4, -0.2) is 32.9 Å². The van der Waals surface area contributed by atoms with Gasteiger partial charge in [-0.15, -0.1) is 0 Å². The molecule has 0 aliphatic carbocycles. The molecule has 1 saturated heterocycles. The second kappa shape index (κ2) is 5.73. The van der Waals surface area contributed by atoms with Crippen molar-refractivity contribution in [2.75, 3.05) is 13.2 Å². The molecule has 102 valence electrons. The maximum Gasteiger partial charge on any atom is 0.217 e. The van der Waals surface area contributed by atoms with Crippen LogP contribution in [0.1, 0.15) is 19.1 Å². The Morgan fingerprint density at radius 3 is 2.83 bits per heavy atom. The van der Waals surface area contributed by atoms with Gasteiger partial charge in [-0.3, -0.25) is 0 Å². The Labute approximate surface area is 115 Å². The largest absolute Gasteiger partial charge is 0.454 e. The van der Waals surface area contributed by atoms with Crippen LogP contribution in [0.4, 0.5) is 0 Å². The van der Waals surface area contributed by atoms with E-state index in [1.165, 1.54) is 0 Å². The summed E-state index contributed by atoms with van der Waals surface area (Å²) in [5.74, 6) is 0.750. The van der Waals surface area contributed by atoms with Crippen LogP contribution in [0.2, 0.25) is 0 Å². The molecular weight excluding hydrogens is 322 g/mol. The lowest BCUT2D eigenvalue weighted by molar-refractivity contribution is 0.126. The van der Waals surface area contributed by atoms with Crippen molar-refractivity contribution in [1.29, 1.82) is 0 Å². The summed E-state index contributed by atoms with van der Waals surface area (Å²) in [5, 5.41) is -0.444. The van der Waals surface area contributed by atoms with Crippen molar-refractivity contribution in [1.82, 2.24) is 4.72 Å². The number of rotatable bonds is 5. The maximum atomic E-state index is 12.0. The third kappa shape index (κ3) is 3.34. The highest BCUT2D eigenvalue weighted by Crippen LogP contribution is 2.20. The molecule has 2 atom stereocenters. The normalized spacial score (nSPS) is 24.6. The van der Waals surface area contributed by atoms with Crippen LogP contribution in [0, 0.1) is 0 Å². The van der Waals surface area contributed by atoms with E-state index in [1.54, 1.807) is 13.0 Å². The Kier molecular flexibility index (Phi) is 4.47. The molecule has 1 N–H and O–H groups in total. The smallest absolute Gasteiger partial charge is 0.217 e. The van der Waals surface area contributed by atoms with Crippen molar-refractivity contribution >= 4 is 26.0 Å². The van der Waals surface area contributed by atoms with Crippen LogP contribution in [0.5, 0.6) is 0 Å². The van der Waals surface area contributed by atoms with Crippen molar-refractivity contribution < 1.29 is 17.6 Å². The summed E-state index contributed by atoms with van der Waals surface area (Å²) in [7, 11) is -3.30. The van der Waals surface area contributed by atoms with Gasteiger partial charge >= 0.3 is 0 Å². The zero-order chi connectivity index (χ0) is 13.2.